The van der Waals surface area contributed by atoms with Gasteiger partial charge in [-0.3, -0.25) is 19.7 Å². The van der Waals surface area contributed by atoms with Crippen molar-refractivity contribution in [2.24, 2.45) is 11.7 Å². The number of amides is 3. The number of unbranched alkanes of at least 4 members (excludes halogenated alkanes) is 1. The third-order valence-electron chi connectivity index (χ3n) is 5.61. The van der Waals surface area contributed by atoms with Gasteiger partial charge in [-0.25, -0.2) is 4.79 Å². The zero-order valence-electron chi connectivity index (χ0n) is 19.1. The number of nitrogens with zero attached hydrogens (tertiary/aromatic N) is 1. The third-order valence-corrected chi connectivity index (χ3v) is 5.61. The lowest BCUT2D eigenvalue weighted by molar-refractivity contribution is -0.122. The lowest BCUT2D eigenvalue weighted by atomic mass is 10.1. The number of hydrogen-bond donors (Lipinski definition) is 2. The van der Waals surface area contributed by atoms with Gasteiger partial charge in [0.2, 0.25) is 17.7 Å². The van der Waals surface area contributed by atoms with Crippen LogP contribution in [0.15, 0.2) is 28.7 Å². The van der Waals surface area contributed by atoms with E-state index in [1.54, 1.807) is 11.8 Å². The summed E-state index contributed by atoms with van der Waals surface area (Å²) in [4.78, 5) is 51.2. The highest BCUT2D eigenvalue weighted by atomic mass is 16.5. The molecule has 0 radical (unpaired) electrons. The minimum absolute atomic E-state index is 0.0136. The molecule has 3 amide bonds. The van der Waals surface area contributed by atoms with Crippen LogP contribution in [-0.2, 0) is 20.7 Å². The molecule has 0 aliphatic carbocycles. The Morgan fingerprint density at radius 1 is 1.18 bits per heavy atom. The average molecular weight is 456 g/mol. The van der Waals surface area contributed by atoms with Gasteiger partial charge in [0.15, 0.2) is 0 Å². The van der Waals surface area contributed by atoms with E-state index in [0.29, 0.717) is 0 Å². The van der Waals surface area contributed by atoms with Crippen LogP contribution in [0.25, 0.3) is 0 Å². The number of hydrogen-bond acceptors (Lipinski definition) is 6. The second-order valence-corrected chi connectivity index (χ2v) is 7.99. The van der Waals surface area contributed by atoms with E-state index < -0.39 is 23.7 Å². The van der Waals surface area contributed by atoms with Gasteiger partial charge < -0.3 is 19.8 Å². The Balaban J connectivity index is 1.74. The van der Waals surface area contributed by atoms with E-state index in [4.69, 9.17) is 14.9 Å². The molecule has 1 saturated heterocycles. The first-order valence-electron chi connectivity index (χ1n) is 11.1. The first-order valence-corrected chi connectivity index (χ1v) is 11.1. The lowest BCUT2D eigenvalue weighted by Crippen LogP contribution is -2.28. The van der Waals surface area contributed by atoms with Gasteiger partial charge in [-0.15, -0.1) is 0 Å². The van der Waals surface area contributed by atoms with Gasteiger partial charge in [-0.2, -0.15) is 0 Å². The third kappa shape index (κ3) is 5.24. The summed E-state index contributed by atoms with van der Waals surface area (Å²) in [6.07, 6.45) is 3.20. The van der Waals surface area contributed by atoms with Crippen molar-refractivity contribution in [2.75, 3.05) is 23.4 Å². The van der Waals surface area contributed by atoms with E-state index in [-0.39, 0.29) is 48.3 Å². The van der Waals surface area contributed by atoms with Gasteiger partial charge in [0.05, 0.1) is 12.5 Å². The molecule has 0 saturated carbocycles. The van der Waals surface area contributed by atoms with Crippen molar-refractivity contribution in [3.8, 4) is 0 Å². The van der Waals surface area contributed by atoms with Crippen LogP contribution in [0.5, 0.6) is 0 Å². The maximum atomic E-state index is 12.9. The van der Waals surface area contributed by atoms with Crippen molar-refractivity contribution >= 4 is 35.3 Å². The lowest BCUT2D eigenvalue weighted by Gasteiger charge is -2.17. The fourth-order valence-electron chi connectivity index (χ4n) is 3.89. The summed E-state index contributed by atoms with van der Waals surface area (Å²) < 4.78 is 10.4. The molecule has 3 rings (SSSR count). The van der Waals surface area contributed by atoms with Gasteiger partial charge in [-0.1, -0.05) is 25.5 Å². The molecule has 1 aliphatic rings. The number of nitrogens with one attached hydrogen (secondary N) is 1. The SMILES string of the molecule is CCCCc1ccc(N2CC(C(=O)Nc3oc(C)c(C(=O)OCC)c3C(N)=O)CC2=O)cc1. The van der Waals surface area contributed by atoms with Crippen LogP contribution in [0.2, 0.25) is 0 Å². The van der Waals surface area contributed by atoms with Crippen LogP contribution >= 0.6 is 0 Å². The Bertz CT molecular complexity index is 1060. The summed E-state index contributed by atoms with van der Waals surface area (Å²) in [5.74, 6) is -3.15. The molecule has 1 unspecified atom stereocenters. The standard InChI is InChI=1S/C24H29N3O6/c1-4-6-7-15-8-10-17(11-9-15)27-13-16(12-18(27)28)22(30)26-23-20(21(25)29)19(14(3)33-23)24(31)32-5-2/h8-11,16H,4-7,12-13H2,1-3H3,(H2,25,29)(H,26,30). The number of rotatable bonds is 9. The van der Waals surface area contributed by atoms with Crippen molar-refractivity contribution in [3.63, 3.8) is 0 Å². The maximum Gasteiger partial charge on any atom is 0.342 e. The molecular weight excluding hydrogens is 426 g/mol. The predicted molar refractivity (Wildman–Crippen MR) is 122 cm³/mol. The van der Waals surface area contributed by atoms with Crippen LogP contribution in [-0.4, -0.2) is 36.8 Å². The van der Waals surface area contributed by atoms with Crippen LogP contribution in [0, 0.1) is 12.8 Å². The minimum atomic E-state index is -0.933. The largest absolute Gasteiger partial charge is 0.462 e. The fourth-order valence-corrected chi connectivity index (χ4v) is 3.89. The number of benzene rings is 1. The Hall–Kier alpha value is -3.62. The predicted octanol–water partition coefficient (Wildman–Crippen LogP) is 3.20. The van der Waals surface area contributed by atoms with E-state index >= 15 is 0 Å². The van der Waals surface area contributed by atoms with E-state index in [2.05, 4.69) is 12.2 Å². The van der Waals surface area contributed by atoms with E-state index in [0.717, 1.165) is 24.9 Å². The smallest absolute Gasteiger partial charge is 0.342 e. The highest BCUT2D eigenvalue weighted by Gasteiger charge is 2.37. The van der Waals surface area contributed by atoms with Gasteiger partial charge in [0.1, 0.15) is 16.9 Å². The highest BCUT2D eigenvalue weighted by molar-refractivity contribution is 6.11. The first kappa shape index (κ1) is 24.0. The van der Waals surface area contributed by atoms with Gasteiger partial charge in [0.25, 0.3) is 5.91 Å². The summed E-state index contributed by atoms with van der Waals surface area (Å²) in [7, 11) is 0. The summed E-state index contributed by atoms with van der Waals surface area (Å²) >= 11 is 0. The van der Waals surface area contributed by atoms with Crippen LogP contribution in [0.1, 0.15) is 65.1 Å². The quantitative estimate of drug-likeness (QED) is 0.558. The van der Waals surface area contributed by atoms with Crippen molar-refractivity contribution in [1.82, 2.24) is 0 Å². The van der Waals surface area contributed by atoms with E-state index in [9.17, 15) is 19.2 Å². The molecule has 176 valence electrons. The number of anilines is 2. The number of carbonyl (C=O) groups is 4. The fraction of sp³-hybridized carbons (Fsp3) is 0.417. The Morgan fingerprint density at radius 3 is 2.48 bits per heavy atom. The molecule has 33 heavy (non-hydrogen) atoms. The molecular formula is C24H29N3O6. The van der Waals surface area contributed by atoms with Crippen LogP contribution in [0.3, 0.4) is 0 Å². The van der Waals surface area contributed by atoms with Gasteiger partial charge >= 0.3 is 5.97 Å². The molecule has 9 nitrogen and oxygen atoms in total. The molecule has 0 bridgehead atoms. The molecule has 2 heterocycles. The molecule has 3 N–H and O–H groups in total. The summed E-state index contributed by atoms with van der Waals surface area (Å²) in [5.41, 5.74) is 7.00. The topological polar surface area (TPSA) is 132 Å². The second kappa shape index (κ2) is 10.3. The van der Waals surface area contributed by atoms with Crippen molar-refractivity contribution < 1.29 is 28.3 Å². The monoisotopic (exact) mass is 455 g/mol. The first-order chi connectivity index (χ1) is 15.8. The highest BCUT2D eigenvalue weighted by Crippen LogP contribution is 2.30. The molecule has 1 fully saturated rings. The molecule has 9 heteroatoms. The Kier molecular flexibility index (Phi) is 7.52. The van der Waals surface area contributed by atoms with Gasteiger partial charge in [0, 0.05) is 18.7 Å². The summed E-state index contributed by atoms with van der Waals surface area (Å²) in [6.45, 7) is 5.52. The number of nitrogens with two attached hydrogens (primary N) is 1. The summed E-state index contributed by atoms with van der Waals surface area (Å²) in [5, 5.41) is 2.52. The Labute approximate surface area is 192 Å². The summed E-state index contributed by atoms with van der Waals surface area (Å²) in [6, 6.07) is 7.76. The molecule has 1 atom stereocenters. The van der Waals surface area contributed by atoms with Crippen LogP contribution in [0.4, 0.5) is 11.6 Å². The number of furan rings is 1. The Morgan fingerprint density at radius 2 is 1.88 bits per heavy atom. The zero-order valence-corrected chi connectivity index (χ0v) is 19.1. The van der Waals surface area contributed by atoms with Crippen LogP contribution < -0.4 is 16.0 Å². The van der Waals surface area contributed by atoms with Gasteiger partial charge in [-0.05, 0) is 44.4 Å². The molecule has 0 spiro atoms. The number of carbonyl (C=O) groups excluding carboxylic acids is 4. The molecule has 1 aliphatic heterocycles. The average Bonchev–Trinajstić information content (AvgIpc) is 3.32. The minimum Gasteiger partial charge on any atom is -0.462 e. The van der Waals surface area contributed by atoms with E-state index in [1.165, 1.54) is 12.5 Å². The zero-order chi connectivity index (χ0) is 24.1. The maximum absolute atomic E-state index is 12.9. The molecule has 1 aromatic carbocycles. The molecule has 2 aromatic rings. The van der Waals surface area contributed by atoms with Crippen molar-refractivity contribution in [2.45, 2.75) is 46.5 Å². The molecule has 1 aromatic heterocycles. The normalized spacial score (nSPS) is 15.5. The number of primary amides is 1. The van der Waals surface area contributed by atoms with Crippen molar-refractivity contribution in [1.29, 1.82) is 0 Å². The van der Waals surface area contributed by atoms with Crippen molar-refractivity contribution in [3.05, 3.63) is 46.7 Å². The number of aryl methyl sites for hydroxylation is 2. The number of esters is 1. The number of ether oxygens (including phenoxy) is 1. The van der Waals surface area contributed by atoms with E-state index in [1.807, 2.05) is 24.3 Å². The second-order valence-electron chi connectivity index (χ2n) is 7.99.